The Bertz CT molecular complexity index is 1910. The summed E-state index contributed by atoms with van der Waals surface area (Å²) in [6, 6.07) is 0. The van der Waals surface area contributed by atoms with Gasteiger partial charge in [0.2, 0.25) is 0 Å². The van der Waals surface area contributed by atoms with Crippen LogP contribution in [0.5, 0.6) is 0 Å². The van der Waals surface area contributed by atoms with Gasteiger partial charge >= 0.3 is 39.5 Å². The lowest BCUT2D eigenvalue weighted by molar-refractivity contribution is -0.161. The number of hydrogen-bond donors (Lipinski definition) is 3. The van der Waals surface area contributed by atoms with Crippen LogP contribution in [0, 0.1) is 23.7 Å². The van der Waals surface area contributed by atoms with Crippen LogP contribution in [0.25, 0.3) is 0 Å². The second-order valence-electron chi connectivity index (χ2n) is 29.5. The fraction of sp³-hybridized carbons (Fsp3) is 0.949. The van der Waals surface area contributed by atoms with Crippen molar-refractivity contribution in [3.63, 3.8) is 0 Å². The molecule has 19 heteroatoms. The molecule has 0 radical (unpaired) electrons. The van der Waals surface area contributed by atoms with Crippen molar-refractivity contribution >= 4 is 39.5 Å². The van der Waals surface area contributed by atoms with Crippen molar-refractivity contribution in [1.82, 2.24) is 0 Å². The highest BCUT2D eigenvalue weighted by atomic mass is 31.2. The summed E-state index contributed by atoms with van der Waals surface area (Å²) < 4.78 is 68.5. The van der Waals surface area contributed by atoms with E-state index in [4.69, 9.17) is 37.0 Å². The molecule has 576 valence electrons. The zero-order valence-electron chi connectivity index (χ0n) is 63.7. The maximum absolute atomic E-state index is 13.1. The van der Waals surface area contributed by atoms with Gasteiger partial charge in [-0.25, -0.2) is 9.13 Å². The van der Waals surface area contributed by atoms with Crippen LogP contribution < -0.4 is 0 Å². The molecule has 0 amide bonds. The molecule has 0 saturated heterocycles. The molecule has 0 aromatic heterocycles. The number of hydrogen-bond acceptors (Lipinski definition) is 15. The third kappa shape index (κ3) is 69.5. The molecule has 0 heterocycles. The summed E-state index contributed by atoms with van der Waals surface area (Å²) in [6.45, 7) is 14.2. The SMILES string of the molecule is CCC(C)CCCCCCCCC(=O)OC[C@H](COP(=O)(O)OC[C@@H](O)COP(=O)(O)OC[C@@H](COC(=O)CCCCCCCCC(C)CC)OC(=O)CCCCCCCCCCCCCCCC(C)C)OC(=O)CCCCCCCCCCCCCCCCCCCCC(C)C. The predicted molar refractivity (Wildman–Crippen MR) is 395 cm³/mol. The lowest BCUT2D eigenvalue weighted by atomic mass is 10.00. The number of esters is 4. The quantitative estimate of drug-likeness (QED) is 0.0222. The van der Waals surface area contributed by atoms with Crippen LogP contribution in [0.2, 0.25) is 0 Å². The number of rotatable bonds is 75. The standard InChI is InChI=1S/C78H152O17P2/c1-9-70(7)56-48-40-34-36-42-50-58-75(80)88-64-73(94-77(82)60-52-44-32-28-24-20-16-14-12-11-13-15-18-22-26-30-38-46-54-68(3)4)66-92-96(84,85)90-62-72(79)63-91-97(86,87)93-67-74(65-89-76(81)59-51-43-37-35-41-49-57-71(8)10-2)95-78(83)61-53-45-33-29-25-21-17-19-23-27-31-39-47-55-69(5)6/h68-74,79H,9-67H2,1-8H3,(H,84,85)(H,86,87)/t70?,71?,72-,73-,74-/m1/s1. The van der Waals surface area contributed by atoms with Gasteiger partial charge < -0.3 is 33.8 Å². The Morgan fingerprint density at radius 3 is 0.732 bits per heavy atom. The van der Waals surface area contributed by atoms with Gasteiger partial charge in [0.15, 0.2) is 12.2 Å². The summed E-state index contributed by atoms with van der Waals surface area (Å²) in [4.78, 5) is 72.8. The minimum absolute atomic E-state index is 0.106. The van der Waals surface area contributed by atoms with Crippen molar-refractivity contribution in [2.24, 2.45) is 23.7 Å². The molecule has 97 heavy (non-hydrogen) atoms. The molecule has 0 saturated carbocycles. The Hall–Kier alpha value is -1.94. The van der Waals surface area contributed by atoms with Crippen LogP contribution in [0.3, 0.4) is 0 Å². The van der Waals surface area contributed by atoms with E-state index in [2.05, 4.69) is 55.4 Å². The Morgan fingerprint density at radius 1 is 0.289 bits per heavy atom. The average molecular weight is 1420 g/mol. The number of unbranched alkanes of at least 4 members (excludes halogenated alkanes) is 39. The highest BCUT2D eigenvalue weighted by Gasteiger charge is 2.30. The molecular formula is C78H152O17P2. The minimum atomic E-state index is -4.96. The van der Waals surface area contributed by atoms with E-state index in [9.17, 15) is 43.2 Å². The van der Waals surface area contributed by atoms with Crippen molar-refractivity contribution in [2.45, 2.75) is 414 Å². The van der Waals surface area contributed by atoms with Gasteiger partial charge in [0.05, 0.1) is 26.4 Å². The van der Waals surface area contributed by atoms with Crippen molar-refractivity contribution in [2.75, 3.05) is 39.6 Å². The second-order valence-corrected chi connectivity index (χ2v) is 32.4. The first kappa shape index (κ1) is 95.1. The molecule has 17 nitrogen and oxygen atoms in total. The van der Waals surface area contributed by atoms with Crippen LogP contribution in [0.1, 0.15) is 396 Å². The zero-order valence-corrected chi connectivity index (χ0v) is 65.5. The van der Waals surface area contributed by atoms with Gasteiger partial charge in [-0.15, -0.1) is 0 Å². The number of aliphatic hydroxyl groups excluding tert-OH is 1. The summed E-state index contributed by atoms with van der Waals surface area (Å²) in [7, 11) is -9.92. The predicted octanol–water partition coefficient (Wildman–Crippen LogP) is 22.8. The molecule has 0 aliphatic heterocycles. The van der Waals surface area contributed by atoms with Crippen LogP contribution in [-0.4, -0.2) is 96.7 Å². The van der Waals surface area contributed by atoms with Crippen molar-refractivity contribution < 1.29 is 80.2 Å². The summed E-state index contributed by atoms with van der Waals surface area (Å²) in [5.41, 5.74) is 0. The molecule has 0 bridgehead atoms. The van der Waals surface area contributed by atoms with Crippen LogP contribution in [0.4, 0.5) is 0 Å². The van der Waals surface area contributed by atoms with E-state index in [0.29, 0.717) is 25.7 Å². The van der Waals surface area contributed by atoms with Gasteiger partial charge in [0.1, 0.15) is 19.3 Å². The van der Waals surface area contributed by atoms with Gasteiger partial charge in [-0.1, -0.05) is 344 Å². The van der Waals surface area contributed by atoms with E-state index >= 15 is 0 Å². The van der Waals surface area contributed by atoms with Gasteiger partial charge in [0, 0.05) is 25.7 Å². The van der Waals surface area contributed by atoms with Crippen LogP contribution in [-0.2, 0) is 65.4 Å². The molecule has 4 unspecified atom stereocenters. The first-order valence-corrected chi connectivity index (χ1v) is 43.3. The van der Waals surface area contributed by atoms with Crippen molar-refractivity contribution in [3.8, 4) is 0 Å². The number of aliphatic hydroxyl groups is 1. The molecule has 0 rings (SSSR count). The highest BCUT2D eigenvalue weighted by Crippen LogP contribution is 2.45. The maximum Gasteiger partial charge on any atom is 0.472 e. The summed E-state index contributed by atoms with van der Waals surface area (Å²) >= 11 is 0. The Morgan fingerprint density at radius 2 is 0.495 bits per heavy atom. The number of carbonyl (C=O) groups excluding carboxylic acids is 4. The third-order valence-electron chi connectivity index (χ3n) is 18.8. The second kappa shape index (κ2) is 67.2. The summed E-state index contributed by atoms with van der Waals surface area (Å²) in [5.74, 6) is 0.947. The largest absolute Gasteiger partial charge is 0.472 e. The molecular weight excluding hydrogens is 1270 g/mol. The highest BCUT2D eigenvalue weighted by molar-refractivity contribution is 7.47. The average Bonchev–Trinajstić information content (AvgIpc) is 2.91. The number of ether oxygens (including phenoxy) is 4. The molecule has 0 aromatic carbocycles. The van der Waals surface area contributed by atoms with Crippen molar-refractivity contribution in [1.29, 1.82) is 0 Å². The van der Waals surface area contributed by atoms with E-state index in [0.717, 1.165) is 126 Å². The van der Waals surface area contributed by atoms with E-state index in [1.54, 1.807) is 0 Å². The Labute approximate surface area is 594 Å². The van der Waals surface area contributed by atoms with Crippen LogP contribution in [0.15, 0.2) is 0 Å². The van der Waals surface area contributed by atoms with Gasteiger partial charge in [-0.2, -0.15) is 0 Å². The molecule has 0 aliphatic carbocycles. The van der Waals surface area contributed by atoms with E-state index in [1.165, 1.54) is 186 Å². The molecule has 0 fully saturated rings. The minimum Gasteiger partial charge on any atom is -0.462 e. The lowest BCUT2D eigenvalue weighted by Crippen LogP contribution is -2.30. The van der Waals surface area contributed by atoms with E-state index in [1.807, 2.05) is 0 Å². The molecule has 0 aromatic rings. The Balaban J connectivity index is 5.19. The zero-order chi connectivity index (χ0) is 71.7. The Kier molecular flexibility index (Phi) is 65.9. The van der Waals surface area contributed by atoms with E-state index < -0.39 is 97.5 Å². The lowest BCUT2D eigenvalue weighted by Gasteiger charge is -2.21. The molecule has 0 aliphatic rings. The van der Waals surface area contributed by atoms with Gasteiger partial charge in [0.25, 0.3) is 0 Å². The molecule has 7 atom stereocenters. The third-order valence-corrected chi connectivity index (χ3v) is 20.7. The molecule has 0 spiro atoms. The first-order chi connectivity index (χ1) is 46.7. The van der Waals surface area contributed by atoms with Crippen molar-refractivity contribution in [3.05, 3.63) is 0 Å². The summed E-state index contributed by atoms with van der Waals surface area (Å²) in [6.07, 6.45) is 52.9. The topological polar surface area (TPSA) is 237 Å². The fourth-order valence-corrected chi connectivity index (χ4v) is 13.4. The smallest absolute Gasteiger partial charge is 0.462 e. The van der Waals surface area contributed by atoms with Crippen LogP contribution >= 0.6 is 15.6 Å². The molecule has 3 N–H and O–H groups in total. The normalized spacial score (nSPS) is 14.6. The van der Waals surface area contributed by atoms with E-state index in [-0.39, 0.29) is 25.7 Å². The first-order valence-electron chi connectivity index (χ1n) is 40.3. The summed E-state index contributed by atoms with van der Waals surface area (Å²) in [5, 5.41) is 10.6. The van der Waals surface area contributed by atoms with Gasteiger partial charge in [-0.05, 0) is 49.4 Å². The monoisotopic (exact) mass is 1420 g/mol. The number of phosphoric acid groups is 2. The number of carbonyl (C=O) groups is 4. The number of phosphoric ester groups is 2. The fourth-order valence-electron chi connectivity index (χ4n) is 11.8. The maximum atomic E-state index is 13.1. The van der Waals surface area contributed by atoms with Gasteiger partial charge in [-0.3, -0.25) is 37.3 Å².